The SMILES string of the molecule is COc1ccc2c(c1)CN(C)CCC2c1ccc(C(F)(F)F)cc1. The predicted octanol–water partition coefficient (Wildman–Crippen LogP) is 4.68. The van der Waals surface area contributed by atoms with Crippen molar-refractivity contribution in [2.45, 2.75) is 25.1 Å². The monoisotopic (exact) mass is 335 g/mol. The molecule has 1 aliphatic heterocycles. The number of benzene rings is 2. The lowest BCUT2D eigenvalue weighted by Crippen LogP contribution is -2.17. The Morgan fingerprint density at radius 3 is 2.42 bits per heavy atom. The first-order chi connectivity index (χ1) is 11.4. The maximum atomic E-state index is 12.8. The van der Waals surface area contributed by atoms with Crippen LogP contribution in [-0.2, 0) is 12.7 Å². The highest BCUT2D eigenvalue weighted by molar-refractivity contribution is 5.43. The first-order valence-corrected chi connectivity index (χ1v) is 7.91. The second-order valence-corrected chi connectivity index (χ2v) is 6.26. The lowest BCUT2D eigenvalue weighted by Gasteiger charge is -2.19. The van der Waals surface area contributed by atoms with E-state index in [2.05, 4.69) is 11.9 Å². The number of hydrogen-bond acceptors (Lipinski definition) is 2. The Bertz CT molecular complexity index is 710. The van der Waals surface area contributed by atoms with E-state index in [-0.39, 0.29) is 5.92 Å². The van der Waals surface area contributed by atoms with Gasteiger partial charge < -0.3 is 9.64 Å². The van der Waals surface area contributed by atoms with Crippen LogP contribution in [0.25, 0.3) is 0 Å². The molecule has 0 aromatic heterocycles. The van der Waals surface area contributed by atoms with Crippen molar-refractivity contribution in [2.75, 3.05) is 20.7 Å². The number of fused-ring (bicyclic) bond motifs is 1. The van der Waals surface area contributed by atoms with Gasteiger partial charge in [-0.2, -0.15) is 13.2 Å². The maximum Gasteiger partial charge on any atom is 0.416 e. The molecule has 2 aromatic rings. The molecule has 0 aliphatic carbocycles. The molecule has 0 radical (unpaired) electrons. The predicted molar refractivity (Wildman–Crippen MR) is 87.2 cm³/mol. The van der Waals surface area contributed by atoms with Crippen molar-refractivity contribution < 1.29 is 17.9 Å². The third-order valence-electron chi connectivity index (χ3n) is 4.61. The molecular formula is C19H20F3NO. The summed E-state index contributed by atoms with van der Waals surface area (Å²) in [5.74, 6) is 0.897. The van der Waals surface area contributed by atoms with Crippen LogP contribution in [0.15, 0.2) is 42.5 Å². The number of alkyl halides is 3. The van der Waals surface area contributed by atoms with Gasteiger partial charge in [-0.15, -0.1) is 0 Å². The van der Waals surface area contributed by atoms with Crippen LogP contribution >= 0.6 is 0 Å². The Labute approximate surface area is 139 Å². The summed E-state index contributed by atoms with van der Waals surface area (Å²) >= 11 is 0. The smallest absolute Gasteiger partial charge is 0.416 e. The molecule has 1 atom stereocenters. The average Bonchev–Trinajstić information content (AvgIpc) is 2.71. The van der Waals surface area contributed by atoms with Gasteiger partial charge in [0.1, 0.15) is 5.75 Å². The zero-order chi connectivity index (χ0) is 17.3. The van der Waals surface area contributed by atoms with Crippen LogP contribution in [0.2, 0.25) is 0 Å². The average molecular weight is 335 g/mol. The number of hydrogen-bond donors (Lipinski definition) is 0. The molecule has 0 N–H and O–H groups in total. The molecule has 24 heavy (non-hydrogen) atoms. The van der Waals surface area contributed by atoms with Crippen molar-refractivity contribution in [3.05, 3.63) is 64.7 Å². The summed E-state index contributed by atoms with van der Waals surface area (Å²) in [7, 11) is 3.69. The first-order valence-electron chi connectivity index (χ1n) is 7.91. The zero-order valence-corrected chi connectivity index (χ0v) is 13.7. The molecule has 0 saturated heterocycles. The fraction of sp³-hybridized carbons (Fsp3) is 0.368. The van der Waals surface area contributed by atoms with Crippen molar-refractivity contribution in [1.82, 2.24) is 4.90 Å². The normalized spacial score (nSPS) is 18.8. The number of halogens is 3. The molecule has 1 unspecified atom stereocenters. The fourth-order valence-electron chi connectivity index (χ4n) is 3.31. The summed E-state index contributed by atoms with van der Waals surface area (Å²) < 4.78 is 43.6. The summed E-state index contributed by atoms with van der Waals surface area (Å²) in [6.45, 7) is 1.70. The van der Waals surface area contributed by atoms with Gasteiger partial charge in [0.15, 0.2) is 0 Å². The highest BCUT2D eigenvalue weighted by Crippen LogP contribution is 2.37. The molecule has 0 spiro atoms. The zero-order valence-electron chi connectivity index (χ0n) is 13.7. The van der Waals surface area contributed by atoms with E-state index in [4.69, 9.17) is 4.74 Å². The minimum atomic E-state index is -4.30. The summed E-state index contributed by atoms with van der Waals surface area (Å²) in [6.07, 6.45) is -3.42. The third kappa shape index (κ3) is 3.41. The molecule has 0 amide bonds. The number of nitrogens with zero attached hydrogens (tertiary/aromatic N) is 1. The third-order valence-corrected chi connectivity index (χ3v) is 4.61. The summed E-state index contributed by atoms with van der Waals surface area (Å²) in [5.41, 5.74) is 2.65. The highest BCUT2D eigenvalue weighted by atomic mass is 19.4. The van der Waals surface area contributed by atoms with Gasteiger partial charge in [0.25, 0.3) is 0 Å². The van der Waals surface area contributed by atoms with Crippen LogP contribution < -0.4 is 4.74 Å². The minimum Gasteiger partial charge on any atom is -0.497 e. The van der Waals surface area contributed by atoms with E-state index in [0.29, 0.717) is 0 Å². The molecule has 0 bridgehead atoms. The van der Waals surface area contributed by atoms with Crippen molar-refractivity contribution in [3.8, 4) is 5.75 Å². The van der Waals surface area contributed by atoms with Crippen molar-refractivity contribution in [2.24, 2.45) is 0 Å². The van der Waals surface area contributed by atoms with Crippen molar-refractivity contribution in [3.63, 3.8) is 0 Å². The van der Waals surface area contributed by atoms with Crippen LogP contribution in [0.4, 0.5) is 13.2 Å². The maximum absolute atomic E-state index is 12.8. The Hall–Kier alpha value is -2.01. The number of methoxy groups -OCH3 is 1. The molecule has 0 fully saturated rings. The second kappa shape index (κ2) is 6.48. The van der Waals surface area contributed by atoms with E-state index in [1.807, 2.05) is 18.2 Å². The first kappa shape index (κ1) is 16.8. The molecule has 128 valence electrons. The quantitative estimate of drug-likeness (QED) is 0.790. The Morgan fingerprint density at radius 1 is 1.08 bits per heavy atom. The van der Waals surface area contributed by atoms with Gasteiger partial charge in [0.2, 0.25) is 0 Å². The van der Waals surface area contributed by atoms with Crippen LogP contribution in [0.3, 0.4) is 0 Å². The van der Waals surface area contributed by atoms with Crippen LogP contribution in [0.5, 0.6) is 5.75 Å². The van der Waals surface area contributed by atoms with Crippen molar-refractivity contribution in [1.29, 1.82) is 0 Å². The van der Waals surface area contributed by atoms with Gasteiger partial charge in [-0.3, -0.25) is 0 Å². The summed E-state index contributed by atoms with van der Waals surface area (Å²) in [4.78, 5) is 2.22. The molecular weight excluding hydrogens is 315 g/mol. The van der Waals surface area contributed by atoms with Crippen LogP contribution in [-0.4, -0.2) is 25.6 Å². The van der Waals surface area contributed by atoms with E-state index < -0.39 is 11.7 Å². The number of ether oxygens (including phenoxy) is 1. The van der Waals surface area contributed by atoms with E-state index >= 15 is 0 Å². The molecule has 2 nitrogen and oxygen atoms in total. The van der Waals surface area contributed by atoms with Crippen LogP contribution in [0.1, 0.15) is 34.6 Å². The second-order valence-electron chi connectivity index (χ2n) is 6.26. The lowest BCUT2D eigenvalue weighted by atomic mass is 9.86. The van der Waals surface area contributed by atoms with Crippen molar-refractivity contribution >= 4 is 0 Å². The summed E-state index contributed by atoms with van der Waals surface area (Å²) in [6, 6.07) is 11.5. The van der Waals surface area contributed by atoms with E-state index in [1.54, 1.807) is 19.2 Å². The molecule has 1 heterocycles. The van der Waals surface area contributed by atoms with Gasteiger partial charge in [0.05, 0.1) is 12.7 Å². The Kier molecular flexibility index (Phi) is 4.54. The molecule has 5 heteroatoms. The topological polar surface area (TPSA) is 12.5 Å². The lowest BCUT2D eigenvalue weighted by molar-refractivity contribution is -0.137. The summed E-state index contributed by atoms with van der Waals surface area (Å²) in [5, 5.41) is 0. The Morgan fingerprint density at radius 2 is 1.79 bits per heavy atom. The standard InChI is InChI=1S/C19H20F3NO/c1-23-10-9-18(13-3-5-15(6-4-13)19(20,21)22)17-8-7-16(24-2)11-14(17)12-23/h3-8,11,18H,9-10,12H2,1-2H3. The minimum absolute atomic E-state index is 0.0955. The van der Waals surface area contributed by atoms with Crippen LogP contribution in [0, 0.1) is 0 Å². The van der Waals surface area contributed by atoms with E-state index in [1.165, 1.54) is 23.3 Å². The molecule has 3 rings (SSSR count). The molecule has 2 aromatic carbocycles. The molecule has 1 aliphatic rings. The fourth-order valence-corrected chi connectivity index (χ4v) is 3.31. The molecule has 0 saturated carbocycles. The van der Waals surface area contributed by atoms with Gasteiger partial charge in [-0.25, -0.2) is 0 Å². The Balaban J connectivity index is 1.99. The van der Waals surface area contributed by atoms with E-state index in [9.17, 15) is 13.2 Å². The number of rotatable bonds is 2. The van der Waals surface area contributed by atoms with Gasteiger partial charge >= 0.3 is 6.18 Å². The largest absolute Gasteiger partial charge is 0.497 e. The van der Waals surface area contributed by atoms with Gasteiger partial charge in [-0.05, 0) is 61.0 Å². The van der Waals surface area contributed by atoms with Gasteiger partial charge in [-0.1, -0.05) is 18.2 Å². The van der Waals surface area contributed by atoms with Gasteiger partial charge in [0, 0.05) is 12.5 Å². The van der Waals surface area contributed by atoms with E-state index in [0.717, 1.165) is 30.8 Å². The highest BCUT2D eigenvalue weighted by Gasteiger charge is 2.30.